The topological polar surface area (TPSA) is 85.0 Å². The van der Waals surface area contributed by atoms with E-state index in [1.54, 1.807) is 17.2 Å². The molecule has 9 heteroatoms. The maximum absolute atomic E-state index is 13.7. The number of hydrogen-bond acceptors (Lipinski definition) is 6. The molecular weight excluding hydrogens is 452 g/mol. The highest BCUT2D eigenvalue weighted by Gasteiger charge is 2.28. The van der Waals surface area contributed by atoms with Crippen molar-refractivity contribution in [2.24, 2.45) is 7.05 Å². The molecular formula is C27H26N8O. The van der Waals surface area contributed by atoms with E-state index < -0.39 is 0 Å². The van der Waals surface area contributed by atoms with Crippen molar-refractivity contribution >= 4 is 22.8 Å². The SMILES string of the molecule is Cn1ncc2c(N3CCN(C(=O)c4cn(Cc5ccccc5)nc4-c4ccccc4)CC3)ncnc21. The number of benzene rings is 2. The van der Waals surface area contributed by atoms with E-state index in [1.165, 1.54) is 0 Å². The Bertz CT molecular complexity index is 1500. The number of fused-ring (bicyclic) bond motifs is 1. The van der Waals surface area contributed by atoms with Gasteiger partial charge in [-0.05, 0) is 5.56 Å². The fourth-order valence-electron chi connectivity index (χ4n) is 4.73. The summed E-state index contributed by atoms with van der Waals surface area (Å²) in [6, 6.07) is 20.1. The van der Waals surface area contributed by atoms with E-state index in [2.05, 4.69) is 32.1 Å². The molecule has 36 heavy (non-hydrogen) atoms. The molecule has 1 saturated heterocycles. The van der Waals surface area contributed by atoms with Crippen LogP contribution in [-0.4, -0.2) is 66.5 Å². The summed E-state index contributed by atoms with van der Waals surface area (Å²) in [5.41, 5.74) is 4.22. The molecule has 0 atom stereocenters. The van der Waals surface area contributed by atoms with Crippen molar-refractivity contribution in [1.29, 1.82) is 0 Å². The molecule has 4 heterocycles. The zero-order valence-electron chi connectivity index (χ0n) is 20.0. The molecule has 0 unspecified atom stereocenters. The number of aryl methyl sites for hydroxylation is 1. The molecule has 3 aromatic heterocycles. The standard InChI is InChI=1S/C27H26N8O/c1-32-25-22(16-30-32)26(29-19-28-25)33-12-14-34(15-13-33)27(36)23-18-35(17-20-8-4-2-5-9-20)31-24(23)21-10-6-3-7-11-21/h2-11,16,18-19H,12-15,17H2,1H3. The lowest BCUT2D eigenvalue weighted by Crippen LogP contribution is -2.49. The summed E-state index contributed by atoms with van der Waals surface area (Å²) in [5, 5.41) is 10.1. The zero-order valence-corrected chi connectivity index (χ0v) is 20.0. The summed E-state index contributed by atoms with van der Waals surface area (Å²) in [6.07, 6.45) is 5.26. The Morgan fingerprint density at radius 3 is 2.39 bits per heavy atom. The number of aromatic nitrogens is 6. The van der Waals surface area contributed by atoms with Gasteiger partial charge >= 0.3 is 0 Å². The first-order chi connectivity index (χ1) is 17.7. The van der Waals surface area contributed by atoms with Gasteiger partial charge in [-0.15, -0.1) is 0 Å². The molecule has 0 aliphatic carbocycles. The van der Waals surface area contributed by atoms with Gasteiger partial charge in [-0.25, -0.2) is 9.97 Å². The minimum Gasteiger partial charge on any atom is -0.352 e. The van der Waals surface area contributed by atoms with Crippen LogP contribution in [0.4, 0.5) is 5.82 Å². The molecule has 0 radical (unpaired) electrons. The molecule has 1 amide bonds. The second-order valence-electron chi connectivity index (χ2n) is 8.92. The third-order valence-corrected chi connectivity index (χ3v) is 6.60. The average Bonchev–Trinajstić information content (AvgIpc) is 3.53. The van der Waals surface area contributed by atoms with Crippen molar-refractivity contribution in [3.05, 3.63) is 90.5 Å². The third-order valence-electron chi connectivity index (χ3n) is 6.60. The van der Waals surface area contributed by atoms with Crippen molar-refractivity contribution < 1.29 is 4.79 Å². The summed E-state index contributed by atoms with van der Waals surface area (Å²) in [4.78, 5) is 26.7. The predicted octanol–water partition coefficient (Wildman–Crippen LogP) is 3.24. The Balaban J connectivity index is 1.24. The summed E-state index contributed by atoms with van der Waals surface area (Å²) in [7, 11) is 1.87. The average molecular weight is 479 g/mol. The van der Waals surface area contributed by atoms with Crippen molar-refractivity contribution in [3.63, 3.8) is 0 Å². The number of rotatable bonds is 5. The third kappa shape index (κ3) is 4.08. The van der Waals surface area contributed by atoms with Crippen LogP contribution in [0.15, 0.2) is 79.4 Å². The van der Waals surface area contributed by atoms with Gasteiger partial charge in [-0.2, -0.15) is 10.2 Å². The molecule has 5 aromatic rings. The highest BCUT2D eigenvalue weighted by Crippen LogP contribution is 2.26. The smallest absolute Gasteiger partial charge is 0.257 e. The van der Waals surface area contributed by atoms with Gasteiger partial charge in [0.25, 0.3) is 5.91 Å². The van der Waals surface area contributed by atoms with Gasteiger partial charge in [0.15, 0.2) is 5.65 Å². The lowest BCUT2D eigenvalue weighted by molar-refractivity contribution is 0.0747. The van der Waals surface area contributed by atoms with E-state index in [9.17, 15) is 4.79 Å². The first-order valence-corrected chi connectivity index (χ1v) is 12.0. The van der Waals surface area contributed by atoms with E-state index in [0.29, 0.717) is 44.0 Å². The van der Waals surface area contributed by atoms with Crippen LogP contribution in [0.1, 0.15) is 15.9 Å². The van der Waals surface area contributed by atoms with Crippen molar-refractivity contribution in [2.45, 2.75) is 6.54 Å². The summed E-state index contributed by atoms with van der Waals surface area (Å²) >= 11 is 0. The first-order valence-electron chi connectivity index (χ1n) is 12.0. The predicted molar refractivity (Wildman–Crippen MR) is 138 cm³/mol. The van der Waals surface area contributed by atoms with Gasteiger partial charge in [0.1, 0.15) is 17.8 Å². The van der Waals surface area contributed by atoms with E-state index in [1.807, 2.05) is 71.4 Å². The molecule has 9 nitrogen and oxygen atoms in total. The first kappa shape index (κ1) is 22.0. The summed E-state index contributed by atoms with van der Waals surface area (Å²) in [6.45, 7) is 3.18. The largest absolute Gasteiger partial charge is 0.352 e. The second-order valence-corrected chi connectivity index (χ2v) is 8.92. The Hall–Kier alpha value is -4.53. The van der Waals surface area contributed by atoms with E-state index >= 15 is 0 Å². The van der Waals surface area contributed by atoms with Crippen LogP contribution < -0.4 is 4.90 Å². The number of amides is 1. The van der Waals surface area contributed by atoms with Gasteiger partial charge in [0, 0.05) is 45.0 Å². The number of hydrogen-bond donors (Lipinski definition) is 0. The van der Waals surface area contributed by atoms with Gasteiger partial charge in [-0.3, -0.25) is 14.2 Å². The van der Waals surface area contributed by atoms with E-state index in [-0.39, 0.29) is 5.91 Å². The van der Waals surface area contributed by atoms with Crippen molar-refractivity contribution in [2.75, 3.05) is 31.1 Å². The van der Waals surface area contributed by atoms with E-state index in [0.717, 1.165) is 28.0 Å². The van der Waals surface area contributed by atoms with Crippen molar-refractivity contribution in [3.8, 4) is 11.3 Å². The zero-order chi connectivity index (χ0) is 24.5. The van der Waals surface area contributed by atoms with Crippen LogP contribution in [0.3, 0.4) is 0 Å². The highest BCUT2D eigenvalue weighted by molar-refractivity contribution is 6.00. The quantitative estimate of drug-likeness (QED) is 0.386. The molecule has 1 aliphatic rings. The molecule has 0 spiro atoms. The lowest BCUT2D eigenvalue weighted by Gasteiger charge is -2.35. The van der Waals surface area contributed by atoms with Gasteiger partial charge < -0.3 is 9.80 Å². The number of piperazine rings is 1. The summed E-state index contributed by atoms with van der Waals surface area (Å²) < 4.78 is 3.61. The van der Waals surface area contributed by atoms with E-state index in [4.69, 9.17) is 5.10 Å². The molecule has 2 aromatic carbocycles. The van der Waals surface area contributed by atoms with Crippen LogP contribution in [0.2, 0.25) is 0 Å². The Morgan fingerprint density at radius 1 is 0.917 bits per heavy atom. The minimum absolute atomic E-state index is 0.00188. The fraction of sp³-hybridized carbons (Fsp3) is 0.222. The molecule has 0 N–H and O–H groups in total. The number of carbonyl (C=O) groups is 1. The van der Waals surface area contributed by atoms with Crippen LogP contribution >= 0.6 is 0 Å². The molecule has 6 rings (SSSR count). The molecule has 1 fully saturated rings. The Labute approximate surface area is 208 Å². The van der Waals surface area contributed by atoms with Crippen LogP contribution in [-0.2, 0) is 13.6 Å². The van der Waals surface area contributed by atoms with Crippen LogP contribution in [0.5, 0.6) is 0 Å². The maximum atomic E-state index is 13.7. The molecule has 1 aliphatic heterocycles. The van der Waals surface area contributed by atoms with Gasteiger partial charge in [0.2, 0.25) is 0 Å². The second kappa shape index (κ2) is 9.26. The molecule has 0 bridgehead atoms. The van der Waals surface area contributed by atoms with Crippen molar-refractivity contribution in [1.82, 2.24) is 34.4 Å². The van der Waals surface area contributed by atoms with Gasteiger partial charge in [0.05, 0.1) is 23.7 Å². The number of carbonyl (C=O) groups excluding carboxylic acids is 1. The van der Waals surface area contributed by atoms with Gasteiger partial charge in [-0.1, -0.05) is 60.7 Å². The fourth-order valence-corrected chi connectivity index (χ4v) is 4.73. The number of nitrogens with zero attached hydrogens (tertiary/aromatic N) is 8. The summed E-state index contributed by atoms with van der Waals surface area (Å²) in [5.74, 6) is 0.864. The molecule has 180 valence electrons. The monoisotopic (exact) mass is 478 g/mol. The van der Waals surface area contributed by atoms with Crippen LogP contribution in [0.25, 0.3) is 22.3 Å². The normalized spacial score (nSPS) is 13.9. The highest BCUT2D eigenvalue weighted by atomic mass is 16.2. The Morgan fingerprint density at radius 2 is 1.64 bits per heavy atom. The molecule has 0 saturated carbocycles. The lowest BCUT2D eigenvalue weighted by atomic mass is 10.1. The minimum atomic E-state index is 0.00188. The maximum Gasteiger partial charge on any atom is 0.257 e. The Kier molecular flexibility index (Phi) is 5.65. The number of anilines is 1. The van der Waals surface area contributed by atoms with Crippen LogP contribution in [0, 0.1) is 0 Å².